The van der Waals surface area contributed by atoms with Gasteiger partial charge in [-0.3, -0.25) is 9.59 Å². The van der Waals surface area contributed by atoms with E-state index in [1.807, 2.05) is 32.9 Å². The number of aliphatic hydroxyl groups is 3. The molecule has 0 saturated carbocycles. The standard InChI is InChI=1S/C21H32O8/c1-11-8-14(23)9-21(4,5)15(11)7-6-12(2)28-20-19(26)18(25)17(24)16(29-20)10-27-13(3)22/h6-8,12,15-20,24-26H,9-10H2,1-5H3/b7-6+/t12-,15+,16-,17-,18+,19-,20-/m1/s1. The van der Waals surface area contributed by atoms with Crippen molar-refractivity contribution in [3.05, 3.63) is 23.8 Å². The maximum Gasteiger partial charge on any atom is 0.302 e. The molecule has 0 amide bonds. The molecule has 8 heteroatoms. The lowest BCUT2D eigenvalue weighted by Crippen LogP contribution is -2.59. The SMILES string of the molecule is CC(=O)OC[C@H]1O[C@@H](O[C@H](C)/C=C/[C@H]2C(C)=CC(=O)CC2(C)C)[C@H](O)[C@@H](O)[C@@H]1O. The molecule has 8 nitrogen and oxygen atoms in total. The van der Waals surface area contributed by atoms with Crippen molar-refractivity contribution in [1.29, 1.82) is 0 Å². The van der Waals surface area contributed by atoms with Crippen LogP contribution >= 0.6 is 0 Å². The summed E-state index contributed by atoms with van der Waals surface area (Å²) in [4.78, 5) is 22.8. The molecule has 1 saturated heterocycles. The van der Waals surface area contributed by atoms with Crippen LogP contribution in [0.4, 0.5) is 0 Å². The average Bonchev–Trinajstić information content (AvgIpc) is 2.59. The molecule has 3 N–H and O–H groups in total. The first kappa shape index (κ1) is 23.7. The third kappa shape index (κ3) is 5.96. The highest BCUT2D eigenvalue weighted by Crippen LogP contribution is 2.40. The van der Waals surface area contributed by atoms with Gasteiger partial charge in [0.25, 0.3) is 0 Å². The lowest BCUT2D eigenvalue weighted by Gasteiger charge is -2.40. The van der Waals surface area contributed by atoms with Crippen LogP contribution in [0.25, 0.3) is 0 Å². The van der Waals surface area contributed by atoms with Crippen molar-refractivity contribution in [2.24, 2.45) is 11.3 Å². The summed E-state index contributed by atoms with van der Waals surface area (Å²) in [6.45, 7) is 8.70. The maximum atomic E-state index is 11.8. The van der Waals surface area contributed by atoms with Crippen LogP contribution in [0.1, 0.15) is 41.0 Å². The molecule has 0 bridgehead atoms. The quantitative estimate of drug-likeness (QED) is 0.434. The van der Waals surface area contributed by atoms with Crippen LogP contribution in [0, 0.1) is 11.3 Å². The molecule has 0 radical (unpaired) electrons. The van der Waals surface area contributed by atoms with Crippen LogP contribution in [-0.4, -0.2) is 70.5 Å². The fourth-order valence-electron chi connectivity index (χ4n) is 3.87. The molecular weight excluding hydrogens is 380 g/mol. The van der Waals surface area contributed by atoms with E-state index in [-0.39, 0.29) is 23.7 Å². The smallest absolute Gasteiger partial charge is 0.302 e. The van der Waals surface area contributed by atoms with E-state index in [0.717, 1.165) is 5.57 Å². The van der Waals surface area contributed by atoms with Gasteiger partial charge in [0.15, 0.2) is 12.1 Å². The van der Waals surface area contributed by atoms with Crippen molar-refractivity contribution < 1.29 is 39.1 Å². The van der Waals surface area contributed by atoms with E-state index in [2.05, 4.69) is 0 Å². The molecule has 164 valence electrons. The number of hydrogen-bond acceptors (Lipinski definition) is 8. The van der Waals surface area contributed by atoms with Crippen LogP contribution in [0.2, 0.25) is 0 Å². The highest BCUT2D eigenvalue weighted by Gasteiger charge is 2.45. The van der Waals surface area contributed by atoms with Gasteiger partial charge in [0, 0.05) is 19.3 Å². The van der Waals surface area contributed by atoms with Crippen molar-refractivity contribution in [1.82, 2.24) is 0 Å². The summed E-state index contributed by atoms with van der Waals surface area (Å²) in [6, 6.07) is 0. The highest BCUT2D eigenvalue weighted by molar-refractivity contribution is 5.92. The number of hydrogen-bond donors (Lipinski definition) is 3. The Hall–Kier alpha value is -1.58. The normalized spacial score (nSPS) is 36.0. The molecule has 0 aromatic heterocycles. The first-order valence-corrected chi connectivity index (χ1v) is 9.80. The van der Waals surface area contributed by atoms with Gasteiger partial charge in [0.1, 0.15) is 31.0 Å². The first-order chi connectivity index (χ1) is 13.4. The Morgan fingerprint density at radius 3 is 2.55 bits per heavy atom. The molecule has 1 fully saturated rings. The van der Waals surface area contributed by atoms with Gasteiger partial charge in [-0.1, -0.05) is 31.6 Å². The molecule has 0 aromatic carbocycles. The number of rotatable bonds is 6. The minimum atomic E-state index is -1.50. The van der Waals surface area contributed by atoms with E-state index in [1.165, 1.54) is 6.92 Å². The summed E-state index contributed by atoms with van der Waals surface area (Å²) in [5.41, 5.74) is 0.756. The zero-order chi connectivity index (χ0) is 21.9. The van der Waals surface area contributed by atoms with E-state index in [9.17, 15) is 24.9 Å². The van der Waals surface area contributed by atoms with Gasteiger partial charge in [-0.05, 0) is 25.3 Å². The third-order valence-electron chi connectivity index (χ3n) is 5.39. The number of ketones is 1. The van der Waals surface area contributed by atoms with Crippen molar-refractivity contribution in [3.8, 4) is 0 Å². The lowest BCUT2D eigenvalue weighted by atomic mass is 9.68. The summed E-state index contributed by atoms with van der Waals surface area (Å²) >= 11 is 0. The van der Waals surface area contributed by atoms with E-state index in [1.54, 1.807) is 13.0 Å². The highest BCUT2D eigenvalue weighted by atomic mass is 16.7. The fourth-order valence-corrected chi connectivity index (χ4v) is 3.87. The van der Waals surface area contributed by atoms with Crippen LogP contribution in [-0.2, 0) is 23.8 Å². The largest absolute Gasteiger partial charge is 0.463 e. The molecule has 0 unspecified atom stereocenters. The Morgan fingerprint density at radius 1 is 1.31 bits per heavy atom. The molecule has 29 heavy (non-hydrogen) atoms. The Balaban J connectivity index is 2.03. The van der Waals surface area contributed by atoms with Crippen molar-refractivity contribution >= 4 is 11.8 Å². The second-order valence-electron chi connectivity index (χ2n) is 8.54. The predicted octanol–water partition coefficient (Wildman–Crippen LogP) is 0.880. The Kier molecular flexibility index (Phi) is 7.75. The molecule has 1 aliphatic carbocycles. The zero-order valence-corrected chi connectivity index (χ0v) is 17.6. The monoisotopic (exact) mass is 412 g/mol. The van der Waals surface area contributed by atoms with Gasteiger partial charge >= 0.3 is 5.97 Å². The van der Waals surface area contributed by atoms with Gasteiger partial charge in [-0.15, -0.1) is 0 Å². The van der Waals surface area contributed by atoms with Gasteiger partial charge in [0.2, 0.25) is 0 Å². The van der Waals surface area contributed by atoms with Gasteiger partial charge in [-0.2, -0.15) is 0 Å². The lowest BCUT2D eigenvalue weighted by molar-refractivity contribution is -0.306. The number of allylic oxidation sites excluding steroid dienone is 3. The van der Waals surface area contributed by atoms with Crippen LogP contribution < -0.4 is 0 Å². The predicted molar refractivity (Wildman–Crippen MR) is 104 cm³/mol. The third-order valence-corrected chi connectivity index (χ3v) is 5.39. The topological polar surface area (TPSA) is 123 Å². The average molecular weight is 412 g/mol. The second kappa shape index (κ2) is 9.49. The number of aliphatic hydroxyl groups excluding tert-OH is 3. The van der Waals surface area contributed by atoms with E-state index >= 15 is 0 Å². The van der Waals surface area contributed by atoms with Crippen LogP contribution in [0.3, 0.4) is 0 Å². The van der Waals surface area contributed by atoms with Crippen LogP contribution in [0.15, 0.2) is 23.8 Å². The van der Waals surface area contributed by atoms with Gasteiger partial charge < -0.3 is 29.5 Å². The molecule has 2 rings (SSSR count). The molecule has 1 heterocycles. The Labute approximate surface area is 171 Å². The second-order valence-corrected chi connectivity index (χ2v) is 8.54. The summed E-state index contributed by atoms with van der Waals surface area (Å²) in [5, 5.41) is 30.3. The van der Waals surface area contributed by atoms with Gasteiger partial charge in [-0.25, -0.2) is 0 Å². The summed E-state index contributed by atoms with van der Waals surface area (Å²) in [7, 11) is 0. The summed E-state index contributed by atoms with van der Waals surface area (Å²) in [6.07, 6.45) is -1.17. The fraction of sp³-hybridized carbons (Fsp3) is 0.714. The zero-order valence-electron chi connectivity index (χ0n) is 17.6. The first-order valence-electron chi connectivity index (χ1n) is 9.80. The molecular formula is C21H32O8. The minimum absolute atomic E-state index is 0.0626. The Morgan fingerprint density at radius 2 is 1.97 bits per heavy atom. The summed E-state index contributed by atoms with van der Waals surface area (Å²) < 4.78 is 16.1. The van der Waals surface area contributed by atoms with E-state index in [0.29, 0.717) is 6.42 Å². The van der Waals surface area contributed by atoms with Crippen molar-refractivity contribution in [3.63, 3.8) is 0 Å². The molecule has 7 atom stereocenters. The van der Waals surface area contributed by atoms with Gasteiger partial charge in [0.05, 0.1) is 6.10 Å². The molecule has 0 aromatic rings. The van der Waals surface area contributed by atoms with E-state index in [4.69, 9.17) is 14.2 Å². The molecule has 1 aliphatic heterocycles. The van der Waals surface area contributed by atoms with Crippen molar-refractivity contribution in [2.75, 3.05) is 6.61 Å². The Bertz CT molecular complexity index is 668. The number of esters is 1. The maximum absolute atomic E-state index is 11.8. The van der Waals surface area contributed by atoms with Crippen molar-refractivity contribution in [2.45, 2.75) is 77.8 Å². The van der Waals surface area contributed by atoms with Crippen LogP contribution in [0.5, 0.6) is 0 Å². The minimum Gasteiger partial charge on any atom is -0.463 e. The number of carbonyl (C=O) groups is 2. The summed E-state index contributed by atoms with van der Waals surface area (Å²) in [5.74, 6) is -0.369. The number of carbonyl (C=O) groups excluding carboxylic acids is 2. The number of ether oxygens (including phenoxy) is 3. The molecule has 0 spiro atoms. The van der Waals surface area contributed by atoms with E-state index < -0.39 is 42.8 Å². The molecule has 2 aliphatic rings.